The van der Waals surface area contributed by atoms with E-state index in [1.165, 1.54) is 11.1 Å². The lowest BCUT2D eigenvalue weighted by Crippen LogP contribution is -2.49. The Labute approximate surface area is 170 Å². The molecular formula is C22H27N5O2. The summed E-state index contributed by atoms with van der Waals surface area (Å²) in [5.41, 5.74) is 5.67. The lowest BCUT2D eigenvalue weighted by molar-refractivity contribution is -0.139. The fraction of sp³-hybridized carbons (Fsp3) is 0.409. The fourth-order valence-electron chi connectivity index (χ4n) is 3.90. The van der Waals surface area contributed by atoms with Crippen molar-refractivity contribution in [1.82, 2.24) is 19.4 Å². The van der Waals surface area contributed by atoms with E-state index >= 15 is 0 Å². The third-order valence-corrected chi connectivity index (χ3v) is 5.76. The summed E-state index contributed by atoms with van der Waals surface area (Å²) in [6, 6.07) is 8.69. The van der Waals surface area contributed by atoms with E-state index in [-0.39, 0.29) is 12.5 Å². The number of rotatable bonds is 6. The van der Waals surface area contributed by atoms with Crippen LogP contribution in [0.3, 0.4) is 0 Å². The number of nitrogens with zero attached hydrogens (tertiary/aromatic N) is 5. The molecule has 29 heavy (non-hydrogen) atoms. The molecule has 152 valence electrons. The third kappa shape index (κ3) is 3.58. The molecule has 0 aliphatic carbocycles. The number of anilines is 2. The van der Waals surface area contributed by atoms with Crippen molar-refractivity contribution in [3.8, 4) is 0 Å². The number of amides is 1. The minimum atomic E-state index is 0.0625. The van der Waals surface area contributed by atoms with E-state index in [0.717, 1.165) is 42.0 Å². The second-order valence-corrected chi connectivity index (χ2v) is 7.62. The maximum absolute atomic E-state index is 11.9. The van der Waals surface area contributed by atoms with Crippen molar-refractivity contribution in [3.63, 3.8) is 0 Å². The molecule has 1 aliphatic heterocycles. The van der Waals surface area contributed by atoms with Crippen LogP contribution >= 0.6 is 0 Å². The Morgan fingerprint density at radius 3 is 2.79 bits per heavy atom. The molecule has 2 aromatic heterocycles. The van der Waals surface area contributed by atoms with Gasteiger partial charge in [0.25, 0.3) is 0 Å². The van der Waals surface area contributed by atoms with E-state index in [9.17, 15) is 4.79 Å². The summed E-state index contributed by atoms with van der Waals surface area (Å²) in [6.45, 7) is 3.85. The van der Waals surface area contributed by atoms with Crippen LogP contribution in [0, 0.1) is 0 Å². The number of carbonyl (C=O) groups excluding carboxylic acids is 1. The smallest absolute Gasteiger partial charge is 0.248 e. The number of aryl methyl sites for hydroxylation is 2. The summed E-state index contributed by atoms with van der Waals surface area (Å²) < 4.78 is 6.95. The molecule has 0 spiro atoms. The Morgan fingerprint density at radius 1 is 1.28 bits per heavy atom. The van der Waals surface area contributed by atoms with E-state index in [0.29, 0.717) is 5.92 Å². The zero-order valence-electron chi connectivity index (χ0n) is 17.4. The molecule has 7 nitrogen and oxygen atoms in total. The summed E-state index contributed by atoms with van der Waals surface area (Å²) in [5.74, 6) is 1.35. The van der Waals surface area contributed by atoms with Crippen molar-refractivity contribution < 1.29 is 9.53 Å². The van der Waals surface area contributed by atoms with Crippen LogP contribution in [0.15, 0.2) is 36.8 Å². The average molecular weight is 393 g/mol. The highest BCUT2D eigenvalue weighted by atomic mass is 16.5. The number of hydrogen-bond donors (Lipinski definition) is 0. The predicted octanol–water partition coefficient (Wildman–Crippen LogP) is 2.87. The first kappa shape index (κ1) is 19.4. The molecule has 1 amide bonds. The number of methoxy groups -OCH3 is 1. The number of ether oxygens (including phenoxy) is 1. The van der Waals surface area contributed by atoms with Gasteiger partial charge in [-0.1, -0.05) is 19.1 Å². The zero-order chi connectivity index (χ0) is 20.5. The van der Waals surface area contributed by atoms with Gasteiger partial charge in [-0.3, -0.25) is 4.79 Å². The molecule has 3 aromatic rings. The predicted molar refractivity (Wildman–Crippen MR) is 114 cm³/mol. The molecule has 0 unspecified atom stereocenters. The fourth-order valence-corrected chi connectivity index (χ4v) is 3.90. The van der Waals surface area contributed by atoms with E-state index in [2.05, 4.69) is 46.1 Å². The summed E-state index contributed by atoms with van der Waals surface area (Å²) in [5, 5.41) is 0. The second kappa shape index (κ2) is 7.83. The molecule has 7 heteroatoms. The van der Waals surface area contributed by atoms with E-state index in [1.807, 2.05) is 36.1 Å². The average Bonchev–Trinajstić information content (AvgIpc) is 3.06. The minimum absolute atomic E-state index is 0.0625. The summed E-state index contributed by atoms with van der Waals surface area (Å²) in [7, 11) is 5.59. The summed E-state index contributed by atoms with van der Waals surface area (Å²) in [6.07, 6.45) is 4.56. The van der Waals surface area contributed by atoms with Crippen LogP contribution in [0.2, 0.25) is 0 Å². The molecule has 0 radical (unpaired) electrons. The zero-order valence-corrected chi connectivity index (χ0v) is 17.4. The van der Waals surface area contributed by atoms with Gasteiger partial charge >= 0.3 is 0 Å². The number of hydrogen-bond acceptors (Lipinski definition) is 5. The Balaban J connectivity index is 1.55. The van der Waals surface area contributed by atoms with Crippen molar-refractivity contribution in [1.29, 1.82) is 0 Å². The van der Waals surface area contributed by atoms with Gasteiger partial charge in [-0.05, 0) is 23.6 Å². The molecule has 1 aliphatic rings. The quantitative estimate of drug-likeness (QED) is 0.644. The Morgan fingerprint density at radius 2 is 2.07 bits per heavy atom. The van der Waals surface area contributed by atoms with Crippen LogP contribution in [0.1, 0.15) is 24.0 Å². The Hall–Kier alpha value is -2.93. The van der Waals surface area contributed by atoms with E-state index in [1.54, 1.807) is 7.11 Å². The van der Waals surface area contributed by atoms with Crippen molar-refractivity contribution in [2.45, 2.75) is 19.3 Å². The number of imidazole rings is 1. The van der Waals surface area contributed by atoms with Gasteiger partial charge in [0.1, 0.15) is 17.9 Å². The van der Waals surface area contributed by atoms with E-state index in [4.69, 9.17) is 4.74 Å². The highest BCUT2D eigenvalue weighted by Gasteiger charge is 2.31. The second-order valence-electron chi connectivity index (χ2n) is 7.62. The SMILES string of the molecule is CCc1cc(C2CN(C(=O)COC)C2)ccc1N(C)c1cc2c(cn1)ncn2C. The van der Waals surface area contributed by atoms with Crippen LogP contribution in [0.5, 0.6) is 0 Å². The molecular weight excluding hydrogens is 366 g/mol. The molecule has 1 fully saturated rings. The lowest BCUT2D eigenvalue weighted by Gasteiger charge is -2.39. The van der Waals surface area contributed by atoms with Crippen molar-refractivity contribution in [2.24, 2.45) is 7.05 Å². The Kier molecular flexibility index (Phi) is 5.24. The first-order valence-electron chi connectivity index (χ1n) is 9.92. The highest BCUT2D eigenvalue weighted by Crippen LogP contribution is 2.33. The number of aromatic nitrogens is 3. The molecule has 0 N–H and O–H groups in total. The van der Waals surface area contributed by atoms with Gasteiger partial charge in [-0.15, -0.1) is 0 Å². The van der Waals surface area contributed by atoms with Gasteiger partial charge in [0.2, 0.25) is 5.91 Å². The molecule has 0 bridgehead atoms. The maximum atomic E-state index is 11.9. The van der Waals surface area contributed by atoms with Crippen molar-refractivity contribution >= 4 is 28.4 Å². The van der Waals surface area contributed by atoms with Crippen LogP contribution in [-0.2, 0) is 23.0 Å². The van der Waals surface area contributed by atoms with E-state index < -0.39 is 0 Å². The highest BCUT2D eigenvalue weighted by molar-refractivity contribution is 5.80. The molecule has 4 rings (SSSR count). The number of pyridine rings is 1. The first-order chi connectivity index (χ1) is 14.0. The van der Waals surface area contributed by atoms with Crippen LogP contribution < -0.4 is 4.90 Å². The van der Waals surface area contributed by atoms with Gasteiger partial charge in [-0.25, -0.2) is 9.97 Å². The number of likely N-dealkylation sites (tertiary alicyclic amines) is 1. The van der Waals surface area contributed by atoms with Crippen LogP contribution in [0.25, 0.3) is 11.0 Å². The number of carbonyl (C=O) groups is 1. The van der Waals surface area contributed by atoms with Gasteiger partial charge in [0, 0.05) is 52.0 Å². The molecule has 1 saturated heterocycles. The molecule has 3 heterocycles. The summed E-state index contributed by atoms with van der Waals surface area (Å²) in [4.78, 5) is 24.8. The van der Waals surface area contributed by atoms with Gasteiger partial charge in [0.15, 0.2) is 0 Å². The first-order valence-corrected chi connectivity index (χ1v) is 9.92. The molecule has 0 atom stereocenters. The van der Waals surface area contributed by atoms with Gasteiger partial charge < -0.3 is 19.1 Å². The monoisotopic (exact) mass is 393 g/mol. The maximum Gasteiger partial charge on any atom is 0.248 e. The van der Waals surface area contributed by atoms with Gasteiger partial charge in [0.05, 0.1) is 18.0 Å². The minimum Gasteiger partial charge on any atom is -0.375 e. The number of benzene rings is 1. The largest absolute Gasteiger partial charge is 0.375 e. The standard InChI is InChI=1S/C22H27N5O2/c1-5-15-8-16(17-11-27(12-17)22(28)13-29-4)6-7-19(15)26(3)21-9-20-18(10-23-21)24-14-25(20)2/h6-10,14,17H,5,11-13H2,1-4H3. The lowest BCUT2D eigenvalue weighted by atomic mass is 9.89. The van der Waals surface area contributed by atoms with Crippen molar-refractivity contribution in [2.75, 3.05) is 38.8 Å². The summed E-state index contributed by atoms with van der Waals surface area (Å²) >= 11 is 0. The van der Waals surface area contributed by atoms with Crippen LogP contribution in [0.4, 0.5) is 11.5 Å². The normalized spacial score (nSPS) is 14.3. The van der Waals surface area contributed by atoms with Crippen LogP contribution in [-0.4, -0.2) is 59.2 Å². The molecule has 0 saturated carbocycles. The van der Waals surface area contributed by atoms with Crippen molar-refractivity contribution in [3.05, 3.63) is 47.9 Å². The number of fused-ring (bicyclic) bond motifs is 1. The third-order valence-electron chi connectivity index (χ3n) is 5.76. The Bertz CT molecular complexity index is 1040. The topological polar surface area (TPSA) is 63.5 Å². The van der Waals surface area contributed by atoms with Gasteiger partial charge in [-0.2, -0.15) is 0 Å². The molecule has 1 aromatic carbocycles.